The Morgan fingerprint density at radius 1 is 1.38 bits per heavy atom. The van der Waals surface area contributed by atoms with Crippen molar-refractivity contribution in [1.82, 2.24) is 9.97 Å². The fraction of sp³-hybridized carbons (Fsp3) is 0.692. The maximum Gasteiger partial charge on any atom is 0.353 e. The molecule has 1 fully saturated rings. The molecule has 0 saturated heterocycles. The number of hydrogen-bond acceptors (Lipinski definition) is 7. The number of aromatic nitrogens is 2. The number of nitro groups is 1. The molecule has 1 aliphatic carbocycles. The molecule has 7 nitrogen and oxygen atoms in total. The highest BCUT2D eigenvalue weighted by Crippen LogP contribution is 2.34. The van der Waals surface area contributed by atoms with Crippen LogP contribution in [-0.2, 0) is 0 Å². The average molecular weight is 311 g/mol. The summed E-state index contributed by atoms with van der Waals surface area (Å²) >= 11 is 1.96. The minimum atomic E-state index is -0.423. The maximum absolute atomic E-state index is 11.3. The zero-order chi connectivity index (χ0) is 15.2. The lowest BCUT2D eigenvalue weighted by Gasteiger charge is -2.14. The molecule has 0 aromatic carbocycles. The van der Waals surface area contributed by atoms with Crippen molar-refractivity contribution < 1.29 is 4.92 Å². The summed E-state index contributed by atoms with van der Waals surface area (Å²) in [5, 5.41) is 18.1. The summed E-state index contributed by atoms with van der Waals surface area (Å²) in [5.41, 5.74) is -0.0639. The second-order valence-electron chi connectivity index (χ2n) is 4.94. The van der Waals surface area contributed by atoms with Gasteiger partial charge in [0.15, 0.2) is 0 Å². The molecule has 116 valence electrons. The fourth-order valence-corrected chi connectivity index (χ4v) is 3.75. The maximum atomic E-state index is 11.3. The second kappa shape index (κ2) is 7.44. The summed E-state index contributed by atoms with van der Waals surface area (Å²) in [6.07, 6.45) is 4.56. The standard InChI is InChI=1S/C13H21N5O2S/c1-3-14-12-11(18(19)20)13(16-8-15-12)17-9-5-6-10(7-9)21-4-2/h8-10H,3-7H2,1-2H3,(H2,14,15,16,17). The van der Waals surface area contributed by atoms with Crippen molar-refractivity contribution in [2.24, 2.45) is 0 Å². The predicted molar refractivity (Wildman–Crippen MR) is 86.0 cm³/mol. The van der Waals surface area contributed by atoms with Crippen LogP contribution in [0.5, 0.6) is 0 Å². The van der Waals surface area contributed by atoms with Gasteiger partial charge in [0, 0.05) is 17.8 Å². The van der Waals surface area contributed by atoms with E-state index >= 15 is 0 Å². The first kappa shape index (κ1) is 15.8. The number of thioether (sulfide) groups is 1. The zero-order valence-corrected chi connectivity index (χ0v) is 13.2. The molecule has 0 aliphatic heterocycles. The van der Waals surface area contributed by atoms with E-state index in [1.165, 1.54) is 6.33 Å². The summed E-state index contributed by atoms with van der Waals surface area (Å²) in [7, 11) is 0. The Labute approximate surface area is 128 Å². The van der Waals surface area contributed by atoms with Crippen molar-refractivity contribution in [2.45, 2.75) is 44.4 Å². The number of nitrogens with one attached hydrogen (secondary N) is 2. The minimum Gasteiger partial charge on any atom is -0.364 e. The lowest BCUT2D eigenvalue weighted by Crippen LogP contribution is -2.19. The molecular weight excluding hydrogens is 290 g/mol. The van der Waals surface area contributed by atoms with Crippen molar-refractivity contribution in [3.63, 3.8) is 0 Å². The van der Waals surface area contributed by atoms with E-state index in [9.17, 15) is 10.1 Å². The highest BCUT2D eigenvalue weighted by molar-refractivity contribution is 7.99. The van der Waals surface area contributed by atoms with Gasteiger partial charge in [0.25, 0.3) is 0 Å². The van der Waals surface area contributed by atoms with Crippen molar-refractivity contribution in [3.8, 4) is 0 Å². The molecule has 2 N–H and O–H groups in total. The molecule has 21 heavy (non-hydrogen) atoms. The third kappa shape index (κ3) is 3.96. The van der Waals surface area contributed by atoms with Crippen LogP contribution in [0, 0.1) is 10.1 Å². The molecule has 1 aromatic heterocycles. The summed E-state index contributed by atoms with van der Waals surface area (Å²) in [6, 6.07) is 0.247. The van der Waals surface area contributed by atoms with Crippen LogP contribution in [0.15, 0.2) is 6.33 Å². The molecule has 0 radical (unpaired) electrons. The average Bonchev–Trinajstić information content (AvgIpc) is 2.87. The van der Waals surface area contributed by atoms with Gasteiger partial charge >= 0.3 is 5.69 Å². The van der Waals surface area contributed by atoms with Crippen LogP contribution < -0.4 is 10.6 Å². The first-order valence-corrected chi connectivity index (χ1v) is 8.31. The van der Waals surface area contributed by atoms with Crippen LogP contribution in [0.25, 0.3) is 0 Å². The minimum absolute atomic E-state index is 0.0639. The Morgan fingerprint density at radius 3 is 2.81 bits per heavy atom. The summed E-state index contributed by atoms with van der Waals surface area (Å²) in [5.74, 6) is 1.70. The topological polar surface area (TPSA) is 93.0 Å². The third-order valence-corrected chi connectivity index (χ3v) is 4.71. The molecule has 0 spiro atoms. The highest BCUT2D eigenvalue weighted by Gasteiger charge is 2.29. The van der Waals surface area contributed by atoms with E-state index in [0.717, 1.165) is 25.0 Å². The zero-order valence-electron chi connectivity index (χ0n) is 12.3. The number of rotatable bonds is 7. The van der Waals surface area contributed by atoms with E-state index in [4.69, 9.17) is 0 Å². The van der Waals surface area contributed by atoms with Crippen molar-refractivity contribution in [3.05, 3.63) is 16.4 Å². The first-order valence-electron chi connectivity index (χ1n) is 7.27. The van der Waals surface area contributed by atoms with E-state index in [-0.39, 0.29) is 17.5 Å². The van der Waals surface area contributed by atoms with E-state index < -0.39 is 4.92 Å². The van der Waals surface area contributed by atoms with Gasteiger partial charge in [-0.05, 0) is 31.9 Å². The largest absolute Gasteiger partial charge is 0.364 e. The van der Waals surface area contributed by atoms with Gasteiger partial charge in [-0.2, -0.15) is 11.8 Å². The van der Waals surface area contributed by atoms with E-state index in [2.05, 4.69) is 27.5 Å². The fourth-order valence-electron chi connectivity index (χ4n) is 2.61. The first-order chi connectivity index (χ1) is 10.2. The SMILES string of the molecule is CCNc1ncnc(NC2CCC(SCC)C2)c1[N+](=O)[O-]. The molecule has 1 heterocycles. The molecule has 8 heteroatoms. The van der Waals surface area contributed by atoms with Gasteiger partial charge in [-0.3, -0.25) is 10.1 Å². The van der Waals surface area contributed by atoms with Gasteiger partial charge in [-0.15, -0.1) is 0 Å². The highest BCUT2D eigenvalue weighted by atomic mass is 32.2. The van der Waals surface area contributed by atoms with E-state index in [1.807, 2.05) is 18.7 Å². The van der Waals surface area contributed by atoms with Crippen molar-refractivity contribution in [1.29, 1.82) is 0 Å². The summed E-state index contributed by atoms with van der Waals surface area (Å²) in [4.78, 5) is 18.9. The van der Waals surface area contributed by atoms with Crippen LogP contribution in [0.1, 0.15) is 33.1 Å². The van der Waals surface area contributed by atoms with Crippen LogP contribution in [0.2, 0.25) is 0 Å². The van der Waals surface area contributed by atoms with Crippen molar-refractivity contribution in [2.75, 3.05) is 22.9 Å². The van der Waals surface area contributed by atoms with Crippen LogP contribution >= 0.6 is 11.8 Å². The smallest absolute Gasteiger partial charge is 0.353 e. The third-order valence-electron chi connectivity index (χ3n) is 3.48. The van der Waals surface area contributed by atoms with Gasteiger partial charge < -0.3 is 10.6 Å². The van der Waals surface area contributed by atoms with Crippen LogP contribution in [0.4, 0.5) is 17.3 Å². The molecule has 2 rings (SSSR count). The predicted octanol–water partition coefficient (Wildman–Crippen LogP) is 2.90. The van der Waals surface area contributed by atoms with E-state index in [1.54, 1.807) is 0 Å². The molecule has 2 unspecified atom stereocenters. The quantitative estimate of drug-likeness (QED) is 0.590. The van der Waals surface area contributed by atoms with Crippen LogP contribution in [0.3, 0.4) is 0 Å². The Morgan fingerprint density at radius 2 is 2.14 bits per heavy atom. The van der Waals surface area contributed by atoms with Gasteiger partial charge in [0.1, 0.15) is 6.33 Å². The molecule has 1 saturated carbocycles. The Bertz CT molecular complexity index is 499. The van der Waals surface area contributed by atoms with Crippen molar-refractivity contribution >= 4 is 29.1 Å². The Balaban J connectivity index is 2.13. The molecule has 1 aliphatic rings. The summed E-state index contributed by atoms with van der Waals surface area (Å²) < 4.78 is 0. The molecular formula is C13H21N5O2S. The van der Waals surface area contributed by atoms with Gasteiger partial charge in [0.2, 0.25) is 11.6 Å². The number of anilines is 2. The normalized spacial score (nSPS) is 21.2. The van der Waals surface area contributed by atoms with Crippen LogP contribution in [-0.4, -0.2) is 38.5 Å². The summed E-state index contributed by atoms with van der Waals surface area (Å²) in [6.45, 7) is 4.61. The van der Waals surface area contributed by atoms with Gasteiger partial charge in [-0.1, -0.05) is 6.92 Å². The van der Waals surface area contributed by atoms with Gasteiger partial charge in [-0.25, -0.2) is 9.97 Å². The number of hydrogen-bond donors (Lipinski definition) is 2. The molecule has 0 bridgehead atoms. The Kier molecular flexibility index (Phi) is 5.60. The molecule has 2 atom stereocenters. The molecule has 0 amide bonds. The Hall–Kier alpha value is -1.57. The van der Waals surface area contributed by atoms with E-state index in [0.29, 0.717) is 17.6 Å². The lowest BCUT2D eigenvalue weighted by molar-refractivity contribution is -0.383. The lowest BCUT2D eigenvalue weighted by atomic mass is 10.2. The van der Waals surface area contributed by atoms with Gasteiger partial charge in [0.05, 0.1) is 4.92 Å². The monoisotopic (exact) mass is 311 g/mol. The molecule has 1 aromatic rings. The second-order valence-corrected chi connectivity index (χ2v) is 6.52. The number of nitrogens with zero attached hydrogens (tertiary/aromatic N) is 3.